The van der Waals surface area contributed by atoms with Gasteiger partial charge in [-0.05, 0) is 31.6 Å². The molecule has 0 fully saturated rings. The summed E-state index contributed by atoms with van der Waals surface area (Å²) in [5.74, 6) is 0. The molecule has 0 bridgehead atoms. The van der Waals surface area contributed by atoms with E-state index >= 15 is 0 Å². The predicted molar refractivity (Wildman–Crippen MR) is 63.2 cm³/mol. The molecule has 0 N–H and O–H groups in total. The Bertz CT molecular complexity index is 315. The summed E-state index contributed by atoms with van der Waals surface area (Å²) in [5, 5.41) is 0. The van der Waals surface area contributed by atoms with E-state index in [0.717, 1.165) is 18.7 Å². The molecule has 0 aliphatic rings. The molecular formula is C13H19N. The first-order chi connectivity index (χ1) is 6.65. The van der Waals surface area contributed by atoms with Gasteiger partial charge in [-0.1, -0.05) is 43.3 Å². The largest absolute Gasteiger partial charge is 0.302 e. The summed E-state index contributed by atoms with van der Waals surface area (Å²) in [6, 6.07) is 8.47. The highest BCUT2D eigenvalue weighted by molar-refractivity contribution is 5.64. The Labute approximate surface area is 87.1 Å². The maximum atomic E-state index is 4.00. The van der Waals surface area contributed by atoms with Gasteiger partial charge >= 0.3 is 0 Å². The van der Waals surface area contributed by atoms with E-state index in [1.54, 1.807) is 0 Å². The topological polar surface area (TPSA) is 3.24 Å². The molecule has 1 aromatic carbocycles. The van der Waals surface area contributed by atoms with Gasteiger partial charge in [0.25, 0.3) is 0 Å². The van der Waals surface area contributed by atoms with Crippen molar-refractivity contribution in [1.29, 1.82) is 0 Å². The van der Waals surface area contributed by atoms with Crippen molar-refractivity contribution in [3.63, 3.8) is 0 Å². The molecule has 0 aliphatic carbocycles. The fraction of sp³-hybridized carbons (Fsp3) is 0.385. The minimum atomic E-state index is 1.000. The molecule has 0 spiro atoms. The molecule has 0 amide bonds. The van der Waals surface area contributed by atoms with Crippen LogP contribution in [0, 0.1) is 0 Å². The van der Waals surface area contributed by atoms with E-state index in [2.05, 4.69) is 56.6 Å². The molecule has 1 aromatic rings. The van der Waals surface area contributed by atoms with E-state index in [0.29, 0.717) is 0 Å². The summed E-state index contributed by atoms with van der Waals surface area (Å²) in [4.78, 5) is 2.29. The van der Waals surface area contributed by atoms with Crippen LogP contribution in [0.3, 0.4) is 0 Å². The van der Waals surface area contributed by atoms with Crippen LogP contribution in [-0.2, 0) is 6.54 Å². The molecule has 1 nitrogen and oxygen atoms in total. The number of rotatable bonds is 4. The van der Waals surface area contributed by atoms with Gasteiger partial charge in [0, 0.05) is 6.54 Å². The SMILES string of the molecule is C=C(C)c1ccccc1CN(C)CC. The van der Waals surface area contributed by atoms with Crippen molar-refractivity contribution in [1.82, 2.24) is 4.90 Å². The molecule has 0 saturated carbocycles. The molecule has 14 heavy (non-hydrogen) atoms. The van der Waals surface area contributed by atoms with E-state index in [4.69, 9.17) is 0 Å². The Morgan fingerprint density at radius 2 is 2.00 bits per heavy atom. The molecule has 0 radical (unpaired) electrons. The molecular weight excluding hydrogens is 170 g/mol. The second kappa shape index (κ2) is 4.97. The molecule has 0 aromatic heterocycles. The fourth-order valence-electron chi connectivity index (χ4n) is 1.48. The van der Waals surface area contributed by atoms with Gasteiger partial charge in [-0.3, -0.25) is 0 Å². The Kier molecular flexibility index (Phi) is 3.90. The molecule has 0 unspecified atom stereocenters. The summed E-state index contributed by atoms with van der Waals surface area (Å²) in [5.41, 5.74) is 3.79. The number of allylic oxidation sites excluding steroid dienone is 1. The van der Waals surface area contributed by atoms with Crippen LogP contribution < -0.4 is 0 Å². The van der Waals surface area contributed by atoms with Gasteiger partial charge < -0.3 is 4.90 Å². The summed E-state index contributed by atoms with van der Waals surface area (Å²) in [6.45, 7) is 10.3. The molecule has 0 aliphatic heterocycles. The van der Waals surface area contributed by atoms with Crippen LogP contribution in [0.25, 0.3) is 5.57 Å². The third-order valence-electron chi connectivity index (χ3n) is 2.46. The molecule has 0 atom stereocenters. The quantitative estimate of drug-likeness (QED) is 0.703. The Balaban J connectivity index is 2.90. The van der Waals surface area contributed by atoms with E-state index in [1.165, 1.54) is 11.1 Å². The van der Waals surface area contributed by atoms with Gasteiger partial charge in [-0.2, -0.15) is 0 Å². The van der Waals surface area contributed by atoms with Crippen LogP contribution in [-0.4, -0.2) is 18.5 Å². The van der Waals surface area contributed by atoms with Crippen molar-refractivity contribution in [3.8, 4) is 0 Å². The summed E-state index contributed by atoms with van der Waals surface area (Å²) >= 11 is 0. The smallest absolute Gasteiger partial charge is 0.0236 e. The van der Waals surface area contributed by atoms with Crippen LogP contribution in [0.5, 0.6) is 0 Å². The maximum absolute atomic E-state index is 4.00. The van der Waals surface area contributed by atoms with Crippen molar-refractivity contribution in [2.75, 3.05) is 13.6 Å². The maximum Gasteiger partial charge on any atom is 0.0236 e. The van der Waals surface area contributed by atoms with Gasteiger partial charge in [0.2, 0.25) is 0 Å². The second-order valence-electron chi connectivity index (χ2n) is 3.77. The van der Waals surface area contributed by atoms with Crippen LogP contribution in [0.1, 0.15) is 25.0 Å². The van der Waals surface area contributed by atoms with Crippen molar-refractivity contribution in [2.24, 2.45) is 0 Å². The lowest BCUT2D eigenvalue weighted by molar-refractivity contribution is 0.345. The fourth-order valence-corrected chi connectivity index (χ4v) is 1.48. The van der Waals surface area contributed by atoms with Gasteiger partial charge in [-0.15, -0.1) is 0 Å². The Morgan fingerprint density at radius 1 is 1.36 bits per heavy atom. The first-order valence-electron chi connectivity index (χ1n) is 5.07. The van der Waals surface area contributed by atoms with Crippen molar-refractivity contribution in [3.05, 3.63) is 42.0 Å². The van der Waals surface area contributed by atoms with Gasteiger partial charge in [-0.25, -0.2) is 0 Å². The molecule has 0 saturated heterocycles. The number of benzene rings is 1. The van der Waals surface area contributed by atoms with E-state index in [9.17, 15) is 0 Å². The highest BCUT2D eigenvalue weighted by atomic mass is 15.1. The normalized spacial score (nSPS) is 10.6. The monoisotopic (exact) mass is 189 g/mol. The molecule has 1 heteroatoms. The minimum absolute atomic E-state index is 1.000. The summed E-state index contributed by atoms with van der Waals surface area (Å²) in [6.07, 6.45) is 0. The van der Waals surface area contributed by atoms with E-state index < -0.39 is 0 Å². The van der Waals surface area contributed by atoms with Crippen LogP contribution in [0.4, 0.5) is 0 Å². The van der Waals surface area contributed by atoms with Crippen LogP contribution in [0.2, 0.25) is 0 Å². The highest BCUT2D eigenvalue weighted by Crippen LogP contribution is 2.18. The molecule has 1 rings (SSSR count). The first-order valence-corrected chi connectivity index (χ1v) is 5.07. The Morgan fingerprint density at radius 3 is 2.57 bits per heavy atom. The lowest BCUT2D eigenvalue weighted by atomic mass is 10.0. The van der Waals surface area contributed by atoms with Gasteiger partial charge in [0.1, 0.15) is 0 Å². The van der Waals surface area contributed by atoms with Crippen LogP contribution in [0.15, 0.2) is 30.8 Å². The average molecular weight is 189 g/mol. The first kappa shape index (κ1) is 11.0. The predicted octanol–water partition coefficient (Wildman–Crippen LogP) is 3.17. The number of hydrogen-bond acceptors (Lipinski definition) is 1. The average Bonchev–Trinajstić information content (AvgIpc) is 2.18. The van der Waals surface area contributed by atoms with E-state index in [1.807, 2.05) is 0 Å². The van der Waals surface area contributed by atoms with Gasteiger partial charge in [0.05, 0.1) is 0 Å². The van der Waals surface area contributed by atoms with Crippen molar-refractivity contribution in [2.45, 2.75) is 20.4 Å². The minimum Gasteiger partial charge on any atom is -0.302 e. The van der Waals surface area contributed by atoms with Gasteiger partial charge in [0.15, 0.2) is 0 Å². The van der Waals surface area contributed by atoms with Crippen molar-refractivity contribution < 1.29 is 0 Å². The lowest BCUT2D eigenvalue weighted by Gasteiger charge is -2.16. The summed E-state index contributed by atoms with van der Waals surface area (Å²) < 4.78 is 0. The third kappa shape index (κ3) is 2.71. The lowest BCUT2D eigenvalue weighted by Crippen LogP contribution is -2.17. The molecule has 76 valence electrons. The third-order valence-corrected chi connectivity index (χ3v) is 2.46. The zero-order valence-electron chi connectivity index (χ0n) is 9.38. The van der Waals surface area contributed by atoms with Crippen LogP contribution >= 0.6 is 0 Å². The zero-order chi connectivity index (χ0) is 10.6. The zero-order valence-corrected chi connectivity index (χ0v) is 9.38. The second-order valence-corrected chi connectivity index (χ2v) is 3.77. The molecule has 0 heterocycles. The standard InChI is InChI=1S/C13H19N/c1-5-14(4)10-12-8-6-7-9-13(12)11(2)3/h6-9H,2,5,10H2,1,3-4H3. The van der Waals surface area contributed by atoms with E-state index in [-0.39, 0.29) is 0 Å². The highest BCUT2D eigenvalue weighted by Gasteiger charge is 2.03. The Hall–Kier alpha value is -1.08. The van der Waals surface area contributed by atoms with Crippen molar-refractivity contribution >= 4 is 5.57 Å². The number of hydrogen-bond donors (Lipinski definition) is 0. The summed E-state index contributed by atoms with van der Waals surface area (Å²) in [7, 11) is 2.13. The number of nitrogens with zero attached hydrogens (tertiary/aromatic N) is 1.